The number of halogens is 1. The second-order valence-corrected chi connectivity index (χ2v) is 4.93. The first-order chi connectivity index (χ1) is 8.06. The summed E-state index contributed by atoms with van der Waals surface area (Å²) >= 11 is 6.08. The van der Waals surface area contributed by atoms with Crippen LogP contribution in [0.25, 0.3) is 0 Å². The molecule has 0 fully saturated rings. The van der Waals surface area contributed by atoms with Crippen LogP contribution in [-0.2, 0) is 11.2 Å². The number of rotatable bonds is 6. The maximum Gasteiger partial charge on any atom is 0.0859 e. The van der Waals surface area contributed by atoms with Gasteiger partial charge in [-0.1, -0.05) is 43.6 Å². The fourth-order valence-corrected chi connectivity index (χ4v) is 2.16. The summed E-state index contributed by atoms with van der Waals surface area (Å²) in [7, 11) is 0. The highest BCUT2D eigenvalue weighted by Gasteiger charge is 2.23. The molecule has 0 heterocycles. The van der Waals surface area contributed by atoms with E-state index in [0.717, 1.165) is 5.56 Å². The van der Waals surface area contributed by atoms with Crippen molar-refractivity contribution in [3.63, 3.8) is 0 Å². The lowest BCUT2D eigenvalue weighted by atomic mass is 9.96. The molecule has 1 aromatic carbocycles. The zero-order valence-corrected chi connectivity index (χ0v) is 11.4. The molecular weight excluding hydrogens is 236 g/mol. The quantitative estimate of drug-likeness (QED) is 0.846. The van der Waals surface area contributed by atoms with Gasteiger partial charge >= 0.3 is 0 Å². The fraction of sp³-hybridized carbons (Fsp3) is 0.571. The van der Waals surface area contributed by atoms with Gasteiger partial charge in [-0.05, 0) is 24.5 Å². The van der Waals surface area contributed by atoms with Crippen LogP contribution < -0.4 is 0 Å². The minimum absolute atomic E-state index is 0.142. The average molecular weight is 257 g/mol. The smallest absolute Gasteiger partial charge is 0.0859 e. The van der Waals surface area contributed by atoms with E-state index in [-0.39, 0.29) is 12.0 Å². The molecule has 0 saturated heterocycles. The molecule has 2 unspecified atom stereocenters. The van der Waals surface area contributed by atoms with Crippen molar-refractivity contribution in [3.05, 3.63) is 34.9 Å². The zero-order chi connectivity index (χ0) is 12.8. The van der Waals surface area contributed by atoms with Gasteiger partial charge in [-0.2, -0.15) is 0 Å². The van der Waals surface area contributed by atoms with Crippen molar-refractivity contribution in [1.82, 2.24) is 0 Å². The van der Waals surface area contributed by atoms with Crippen molar-refractivity contribution in [1.29, 1.82) is 0 Å². The Morgan fingerprint density at radius 3 is 2.47 bits per heavy atom. The molecule has 2 nitrogen and oxygen atoms in total. The lowest BCUT2D eigenvalue weighted by Gasteiger charge is -2.26. The molecule has 0 bridgehead atoms. The molecule has 1 aromatic rings. The SMILES string of the molecule is CCOC(C(C)C)C(O)Cc1ccccc1Cl. The predicted octanol–water partition coefficient (Wildman–Crippen LogP) is 3.30. The molecule has 0 aliphatic rings. The molecule has 0 aliphatic carbocycles. The van der Waals surface area contributed by atoms with Crippen molar-refractivity contribution in [3.8, 4) is 0 Å². The molecular formula is C14H21ClO2. The molecule has 3 heteroatoms. The lowest BCUT2D eigenvalue weighted by Crippen LogP contribution is -2.35. The van der Waals surface area contributed by atoms with Crippen molar-refractivity contribution in [2.75, 3.05) is 6.61 Å². The second kappa shape index (κ2) is 7.00. The Hall–Kier alpha value is -0.570. The van der Waals surface area contributed by atoms with E-state index in [9.17, 15) is 5.11 Å². The standard InChI is InChI=1S/C14H21ClO2/c1-4-17-14(10(2)3)13(16)9-11-7-5-6-8-12(11)15/h5-8,10,13-14,16H,4,9H2,1-3H3. The Balaban J connectivity index is 2.69. The maximum absolute atomic E-state index is 10.2. The maximum atomic E-state index is 10.2. The van der Waals surface area contributed by atoms with Gasteiger partial charge in [0.2, 0.25) is 0 Å². The van der Waals surface area contributed by atoms with Crippen LogP contribution in [0, 0.1) is 5.92 Å². The highest BCUT2D eigenvalue weighted by molar-refractivity contribution is 6.31. The van der Waals surface area contributed by atoms with E-state index >= 15 is 0 Å². The van der Waals surface area contributed by atoms with Gasteiger partial charge in [0.15, 0.2) is 0 Å². The van der Waals surface area contributed by atoms with Crippen LogP contribution in [-0.4, -0.2) is 23.9 Å². The van der Waals surface area contributed by atoms with E-state index in [1.807, 2.05) is 31.2 Å². The summed E-state index contributed by atoms with van der Waals surface area (Å²) in [5.74, 6) is 0.285. The number of ether oxygens (including phenoxy) is 1. The Bertz CT molecular complexity index is 339. The first kappa shape index (κ1) is 14.5. The van der Waals surface area contributed by atoms with Crippen LogP contribution in [0.2, 0.25) is 5.02 Å². The molecule has 0 saturated carbocycles. The van der Waals surface area contributed by atoms with E-state index in [2.05, 4.69) is 13.8 Å². The fourth-order valence-electron chi connectivity index (χ4n) is 1.95. The number of aliphatic hydroxyl groups excluding tert-OH is 1. The van der Waals surface area contributed by atoms with Gasteiger partial charge in [0.25, 0.3) is 0 Å². The van der Waals surface area contributed by atoms with Gasteiger partial charge in [0.05, 0.1) is 12.2 Å². The third-order valence-electron chi connectivity index (χ3n) is 2.78. The Morgan fingerprint density at radius 2 is 1.94 bits per heavy atom. The monoisotopic (exact) mass is 256 g/mol. The van der Waals surface area contributed by atoms with E-state index < -0.39 is 6.10 Å². The number of aliphatic hydroxyl groups is 1. The van der Waals surface area contributed by atoms with E-state index in [0.29, 0.717) is 18.1 Å². The Kier molecular flexibility index (Phi) is 5.96. The predicted molar refractivity (Wildman–Crippen MR) is 71.4 cm³/mol. The largest absolute Gasteiger partial charge is 0.390 e. The van der Waals surface area contributed by atoms with Gasteiger partial charge in [-0.25, -0.2) is 0 Å². The van der Waals surface area contributed by atoms with E-state index in [1.54, 1.807) is 0 Å². The summed E-state index contributed by atoms with van der Waals surface area (Å²) in [6.45, 7) is 6.66. The van der Waals surface area contributed by atoms with E-state index in [1.165, 1.54) is 0 Å². The molecule has 0 spiro atoms. The first-order valence-electron chi connectivity index (χ1n) is 6.09. The molecule has 2 atom stereocenters. The van der Waals surface area contributed by atoms with Crippen molar-refractivity contribution < 1.29 is 9.84 Å². The number of benzene rings is 1. The average Bonchev–Trinajstić information content (AvgIpc) is 2.28. The summed E-state index contributed by atoms with van der Waals surface area (Å²) in [6.07, 6.45) is -0.131. The summed E-state index contributed by atoms with van der Waals surface area (Å²) in [5.41, 5.74) is 0.965. The molecule has 1 rings (SSSR count). The minimum atomic E-state index is -0.519. The van der Waals surface area contributed by atoms with Crippen LogP contribution in [0.3, 0.4) is 0 Å². The topological polar surface area (TPSA) is 29.5 Å². The molecule has 96 valence electrons. The molecule has 0 aromatic heterocycles. The summed E-state index contributed by atoms with van der Waals surface area (Å²) in [4.78, 5) is 0. The third-order valence-corrected chi connectivity index (χ3v) is 3.15. The zero-order valence-electron chi connectivity index (χ0n) is 10.7. The van der Waals surface area contributed by atoms with Gasteiger partial charge in [0, 0.05) is 18.1 Å². The normalized spacial score (nSPS) is 14.9. The molecule has 0 radical (unpaired) electrons. The van der Waals surface area contributed by atoms with Crippen molar-refractivity contribution >= 4 is 11.6 Å². The van der Waals surface area contributed by atoms with Gasteiger partial charge < -0.3 is 9.84 Å². The highest BCUT2D eigenvalue weighted by atomic mass is 35.5. The third kappa shape index (κ3) is 4.30. The van der Waals surface area contributed by atoms with Crippen LogP contribution >= 0.6 is 11.6 Å². The molecule has 0 aliphatic heterocycles. The highest BCUT2D eigenvalue weighted by Crippen LogP contribution is 2.20. The van der Waals surface area contributed by atoms with Gasteiger partial charge in [-0.15, -0.1) is 0 Å². The van der Waals surface area contributed by atoms with Crippen LogP contribution in [0.1, 0.15) is 26.3 Å². The van der Waals surface area contributed by atoms with E-state index in [4.69, 9.17) is 16.3 Å². The molecule has 17 heavy (non-hydrogen) atoms. The Morgan fingerprint density at radius 1 is 1.29 bits per heavy atom. The lowest BCUT2D eigenvalue weighted by molar-refractivity contribution is -0.0562. The number of hydrogen-bond donors (Lipinski definition) is 1. The van der Waals surface area contributed by atoms with Gasteiger partial charge in [-0.3, -0.25) is 0 Å². The van der Waals surface area contributed by atoms with Crippen molar-refractivity contribution in [2.45, 2.75) is 39.4 Å². The first-order valence-corrected chi connectivity index (χ1v) is 6.47. The minimum Gasteiger partial charge on any atom is -0.390 e. The second-order valence-electron chi connectivity index (χ2n) is 4.53. The van der Waals surface area contributed by atoms with Crippen LogP contribution in [0.5, 0.6) is 0 Å². The van der Waals surface area contributed by atoms with Crippen LogP contribution in [0.4, 0.5) is 0 Å². The van der Waals surface area contributed by atoms with Crippen molar-refractivity contribution in [2.24, 2.45) is 5.92 Å². The van der Waals surface area contributed by atoms with Crippen LogP contribution in [0.15, 0.2) is 24.3 Å². The Labute approximate surface area is 109 Å². The van der Waals surface area contributed by atoms with Gasteiger partial charge in [0.1, 0.15) is 0 Å². The summed E-state index contributed by atoms with van der Waals surface area (Å²) < 4.78 is 5.58. The molecule has 0 amide bonds. The summed E-state index contributed by atoms with van der Waals surface area (Å²) in [6, 6.07) is 7.60. The molecule has 1 N–H and O–H groups in total. The number of hydrogen-bond acceptors (Lipinski definition) is 2. The summed E-state index contributed by atoms with van der Waals surface area (Å²) in [5, 5.41) is 10.9.